The number of carboxylic acids is 2. The van der Waals surface area contributed by atoms with E-state index < -0.39 is 24.3 Å². The van der Waals surface area contributed by atoms with E-state index in [1.807, 2.05) is 52.0 Å². The SMILES string of the molecule is C=Cc1c(C)c2cc3nc(cc4[n-]c(cc5nc(cc1[n-]2)C(C)=C5CCC(=O)O)c(CCC(=O)O)c4C)C(C)=C3C1O[C@@H]1O.[Fe+2]. The molecule has 11 heteroatoms. The number of hydrogen-bond acceptors (Lipinski definition) is 6. The molecule has 3 N–H and O–H groups in total. The molecule has 0 aliphatic carbocycles. The van der Waals surface area contributed by atoms with E-state index >= 15 is 0 Å². The molecular weight excluding hydrogens is 616 g/mol. The van der Waals surface area contributed by atoms with Crippen molar-refractivity contribution in [1.29, 1.82) is 0 Å². The molecule has 3 aliphatic heterocycles. The number of fused-ring (bicyclic) bond motifs is 8. The molecule has 0 radical (unpaired) electrons. The Hall–Kier alpha value is -4.28. The Balaban J connectivity index is 0.00000400. The van der Waals surface area contributed by atoms with Crippen LogP contribution in [0.15, 0.2) is 30.8 Å². The number of carboxylic acid groups (broad SMARTS) is 2. The normalized spacial score (nSPS) is 17.4. The number of hydrogen-bond donors (Lipinski definition) is 3. The van der Waals surface area contributed by atoms with Gasteiger partial charge in [-0.05, 0) is 62.8 Å². The Morgan fingerprint density at radius 3 is 2.00 bits per heavy atom. The summed E-state index contributed by atoms with van der Waals surface area (Å²) in [6.45, 7) is 11.7. The van der Waals surface area contributed by atoms with Crippen molar-refractivity contribution in [2.24, 2.45) is 0 Å². The van der Waals surface area contributed by atoms with Gasteiger partial charge in [0.1, 0.15) is 6.10 Å². The van der Waals surface area contributed by atoms with Crippen LogP contribution in [0.25, 0.3) is 50.4 Å². The maximum Gasteiger partial charge on any atom is 2.00 e. The fraction of sp³-hybridized carbons (Fsp3) is 0.294. The molecule has 1 unspecified atom stereocenters. The second-order valence-corrected chi connectivity index (χ2v) is 11.3. The Bertz CT molecular complexity index is 2000. The van der Waals surface area contributed by atoms with Crippen LogP contribution >= 0.6 is 0 Å². The molecule has 1 fully saturated rings. The van der Waals surface area contributed by atoms with Crippen LogP contribution in [0.2, 0.25) is 0 Å². The average Bonchev–Trinajstić information content (AvgIpc) is 3.17. The molecule has 6 rings (SSSR count). The van der Waals surface area contributed by atoms with Crippen LogP contribution in [0, 0.1) is 13.8 Å². The molecule has 10 nitrogen and oxygen atoms in total. The van der Waals surface area contributed by atoms with Crippen molar-refractivity contribution in [2.45, 2.75) is 65.8 Å². The van der Waals surface area contributed by atoms with Gasteiger partial charge in [0.25, 0.3) is 0 Å². The largest absolute Gasteiger partial charge is 2.00 e. The minimum atomic E-state index is -0.919. The third-order valence-corrected chi connectivity index (χ3v) is 8.61. The number of aliphatic hydroxyl groups is 1. The van der Waals surface area contributed by atoms with Gasteiger partial charge in [-0.1, -0.05) is 53.6 Å². The summed E-state index contributed by atoms with van der Waals surface area (Å²) in [6.07, 6.45) is 0.732. The van der Waals surface area contributed by atoms with Crippen molar-refractivity contribution < 1.29 is 46.7 Å². The van der Waals surface area contributed by atoms with Crippen LogP contribution in [0.4, 0.5) is 0 Å². The van der Waals surface area contributed by atoms with Crippen LogP contribution in [-0.4, -0.2) is 49.6 Å². The molecule has 0 saturated carbocycles. The number of aliphatic carboxylic acids is 2. The number of ether oxygens (including phenoxy) is 1. The maximum absolute atomic E-state index is 11.6. The number of epoxide rings is 1. The first-order valence-electron chi connectivity index (χ1n) is 14.4. The number of rotatable bonds is 8. The van der Waals surface area contributed by atoms with Crippen LogP contribution in [0.5, 0.6) is 0 Å². The van der Waals surface area contributed by atoms with E-state index in [1.165, 1.54) is 0 Å². The molecule has 45 heavy (non-hydrogen) atoms. The third kappa shape index (κ3) is 5.92. The van der Waals surface area contributed by atoms with Gasteiger partial charge < -0.3 is 30.0 Å². The van der Waals surface area contributed by atoms with Gasteiger partial charge in [-0.3, -0.25) is 9.59 Å². The topological polar surface area (TPSA) is 161 Å². The van der Waals surface area contributed by atoms with Crippen LogP contribution in [-0.2, 0) is 37.8 Å². The smallest absolute Gasteiger partial charge is 0.657 e. The Morgan fingerprint density at radius 1 is 0.822 bits per heavy atom. The summed E-state index contributed by atoms with van der Waals surface area (Å²) >= 11 is 0. The zero-order valence-electron chi connectivity index (χ0n) is 25.3. The van der Waals surface area contributed by atoms with E-state index in [0.29, 0.717) is 44.8 Å². The number of carbonyl (C=O) groups is 2. The summed E-state index contributed by atoms with van der Waals surface area (Å²) < 4.78 is 5.46. The molecule has 3 aromatic rings. The number of nitrogens with zero attached hydrogens (tertiary/aromatic N) is 4. The Kier molecular flexibility index (Phi) is 8.74. The molecule has 0 aromatic carbocycles. The van der Waals surface area contributed by atoms with E-state index in [1.54, 1.807) is 6.08 Å². The first-order valence-corrected chi connectivity index (χ1v) is 14.4. The average molecular weight is 648 g/mol. The second-order valence-electron chi connectivity index (χ2n) is 11.3. The van der Waals surface area contributed by atoms with Crippen LogP contribution in [0.1, 0.15) is 78.1 Å². The van der Waals surface area contributed by atoms with Crippen LogP contribution in [0.3, 0.4) is 0 Å². The van der Waals surface area contributed by atoms with Gasteiger partial charge in [0, 0.05) is 18.4 Å². The summed E-state index contributed by atoms with van der Waals surface area (Å²) in [5, 5.41) is 29.1. The van der Waals surface area contributed by atoms with E-state index in [0.717, 1.165) is 44.5 Å². The molecule has 3 aromatic heterocycles. The van der Waals surface area contributed by atoms with Gasteiger partial charge in [0.2, 0.25) is 0 Å². The number of aryl methyl sites for hydroxylation is 3. The molecule has 8 bridgehead atoms. The van der Waals surface area contributed by atoms with Crippen LogP contribution < -0.4 is 9.97 Å². The molecule has 3 aliphatic rings. The summed E-state index contributed by atoms with van der Waals surface area (Å²) in [5.74, 6) is -1.83. The summed E-state index contributed by atoms with van der Waals surface area (Å²) in [5.41, 5.74) is 11.7. The fourth-order valence-electron chi connectivity index (χ4n) is 6.03. The first-order chi connectivity index (χ1) is 21.0. The predicted molar refractivity (Wildman–Crippen MR) is 167 cm³/mol. The van der Waals surface area contributed by atoms with Gasteiger partial charge >= 0.3 is 29.0 Å². The van der Waals surface area contributed by atoms with Crippen molar-refractivity contribution in [2.75, 3.05) is 0 Å². The van der Waals surface area contributed by atoms with Crippen molar-refractivity contribution in [3.05, 3.63) is 75.9 Å². The van der Waals surface area contributed by atoms with Crippen molar-refractivity contribution in [3.63, 3.8) is 0 Å². The molecule has 6 heterocycles. The van der Waals surface area contributed by atoms with E-state index in [4.69, 9.17) is 24.7 Å². The monoisotopic (exact) mass is 648 g/mol. The zero-order valence-corrected chi connectivity index (χ0v) is 26.4. The third-order valence-electron chi connectivity index (χ3n) is 8.61. The predicted octanol–water partition coefficient (Wildman–Crippen LogP) is 5.29. The van der Waals surface area contributed by atoms with Gasteiger partial charge in [-0.15, -0.1) is 22.1 Å². The van der Waals surface area contributed by atoms with Crippen molar-refractivity contribution in [3.8, 4) is 0 Å². The summed E-state index contributed by atoms with van der Waals surface area (Å²) in [7, 11) is 0. The standard InChI is InChI=1S/C34H34N4O6.Fe/c1-6-19-15(2)24-13-29-32(33-34(43)44-33)18(5)25(38-29)11-22-16(3)20(7-9-30(39)40)27(36-22)14-28-21(8-10-31(41)42)17(4)23(37-28)12-26(19)35-24;/h6,11-14,33-34,43H,1,7-10H2,2-5H3,(H4,35,36,37,38,39,40,41,42);/q;+2/p-2/t33?,34-;/m0./s1. The first kappa shape index (κ1) is 32.1. The van der Waals surface area contributed by atoms with Gasteiger partial charge in [-0.2, -0.15) is 0 Å². The minimum absolute atomic E-state index is 0. The van der Waals surface area contributed by atoms with Crippen molar-refractivity contribution in [1.82, 2.24) is 19.9 Å². The van der Waals surface area contributed by atoms with Gasteiger partial charge in [0.05, 0.1) is 22.8 Å². The maximum atomic E-state index is 11.6. The zero-order chi connectivity index (χ0) is 31.4. The molecule has 0 spiro atoms. The van der Waals surface area contributed by atoms with E-state index in [9.17, 15) is 24.9 Å². The van der Waals surface area contributed by atoms with Gasteiger partial charge in [-0.25, -0.2) is 9.97 Å². The molecule has 2 atom stereocenters. The van der Waals surface area contributed by atoms with Gasteiger partial charge in [0.15, 0.2) is 6.29 Å². The molecule has 1 saturated heterocycles. The van der Waals surface area contributed by atoms with E-state index in [-0.39, 0.29) is 42.8 Å². The molecule has 232 valence electrons. The van der Waals surface area contributed by atoms with E-state index in [2.05, 4.69) is 6.58 Å². The number of aliphatic hydroxyl groups excluding tert-OH is 1. The number of allylic oxidation sites excluding steroid dienone is 3. The number of aromatic nitrogens is 4. The summed E-state index contributed by atoms with van der Waals surface area (Å²) in [4.78, 5) is 42.8. The Morgan fingerprint density at radius 2 is 1.36 bits per heavy atom. The fourth-order valence-corrected chi connectivity index (χ4v) is 6.03. The quantitative estimate of drug-likeness (QED) is 0.216. The molecular formula is C34H32FeN4O6. The minimum Gasteiger partial charge on any atom is -0.657 e. The molecule has 0 amide bonds. The summed E-state index contributed by atoms with van der Waals surface area (Å²) in [6, 6.07) is 7.45. The van der Waals surface area contributed by atoms with Crippen molar-refractivity contribution >= 4 is 62.4 Å². The Labute approximate surface area is 270 Å². The second kappa shape index (κ2) is 12.3.